The summed E-state index contributed by atoms with van der Waals surface area (Å²) >= 11 is 0. The fourth-order valence-electron chi connectivity index (χ4n) is 9.51. The molecule has 0 aromatic rings. The molecule has 5 heteroatoms. The van der Waals surface area contributed by atoms with Crippen LogP contribution in [0.4, 0.5) is 0 Å². The van der Waals surface area contributed by atoms with Gasteiger partial charge in [0.15, 0.2) is 8.32 Å². The monoisotopic (exact) mass is 520 g/mol. The van der Waals surface area contributed by atoms with E-state index in [9.17, 15) is 9.90 Å². The van der Waals surface area contributed by atoms with Crippen molar-refractivity contribution in [2.45, 2.75) is 136 Å². The summed E-state index contributed by atoms with van der Waals surface area (Å²) in [4.78, 5) is 11.8. The van der Waals surface area contributed by atoms with E-state index in [-0.39, 0.29) is 17.1 Å². The zero-order valence-electron chi connectivity index (χ0n) is 24.9. The molecule has 208 valence electrons. The van der Waals surface area contributed by atoms with Gasteiger partial charge in [-0.2, -0.15) is 0 Å². The molecule has 0 saturated heterocycles. The summed E-state index contributed by atoms with van der Waals surface area (Å²) in [5, 5.41) is 11.9. The first kappa shape index (κ1) is 28.6. The number of methoxy groups -OCH3 is 1. The van der Waals surface area contributed by atoms with Crippen LogP contribution >= 0.6 is 0 Å². The Balaban J connectivity index is 1.47. The van der Waals surface area contributed by atoms with Crippen LogP contribution in [-0.2, 0) is 14.0 Å². The van der Waals surface area contributed by atoms with Crippen LogP contribution in [0.2, 0.25) is 18.1 Å². The van der Waals surface area contributed by atoms with Crippen molar-refractivity contribution < 1.29 is 19.1 Å². The molecule has 0 aromatic carbocycles. The van der Waals surface area contributed by atoms with E-state index < -0.39 is 8.32 Å². The highest BCUT2D eigenvalue weighted by Crippen LogP contribution is 2.68. The number of aliphatic hydroxyl groups excluding tert-OH is 1. The fourth-order valence-corrected chi connectivity index (χ4v) is 10.9. The number of aliphatic hydroxyl groups is 1. The predicted molar refractivity (Wildman–Crippen MR) is 149 cm³/mol. The average molecular weight is 521 g/mol. The Bertz CT molecular complexity index is 805. The molecule has 36 heavy (non-hydrogen) atoms. The first-order chi connectivity index (χ1) is 16.6. The molecule has 1 unspecified atom stereocenters. The summed E-state index contributed by atoms with van der Waals surface area (Å²) in [7, 11) is -0.286. The van der Waals surface area contributed by atoms with Crippen molar-refractivity contribution in [1.29, 1.82) is 0 Å². The summed E-state index contributed by atoms with van der Waals surface area (Å²) in [6.45, 7) is 19.3. The molecule has 4 rings (SSSR count). The predicted octanol–water partition coefficient (Wildman–Crippen LogP) is 7.60. The summed E-state index contributed by atoms with van der Waals surface area (Å²) in [6.07, 6.45) is 11.2. The minimum atomic E-state index is -1.78. The molecule has 0 aliphatic heterocycles. The van der Waals surface area contributed by atoms with Gasteiger partial charge in [-0.15, -0.1) is 0 Å². The minimum Gasteiger partial charge on any atom is -0.469 e. The van der Waals surface area contributed by atoms with Gasteiger partial charge in [-0.1, -0.05) is 41.5 Å². The number of ether oxygens (including phenoxy) is 1. The molecule has 4 saturated carbocycles. The van der Waals surface area contributed by atoms with Gasteiger partial charge in [-0.25, -0.2) is 0 Å². The van der Waals surface area contributed by atoms with Crippen molar-refractivity contribution in [3.63, 3.8) is 0 Å². The van der Waals surface area contributed by atoms with Gasteiger partial charge >= 0.3 is 5.97 Å². The number of carbonyl (C=O) groups is 1. The first-order valence-electron chi connectivity index (χ1n) is 15.1. The number of carbonyl (C=O) groups excluding carboxylic acids is 1. The molecule has 4 aliphatic rings. The van der Waals surface area contributed by atoms with E-state index in [1.165, 1.54) is 45.6 Å². The van der Waals surface area contributed by atoms with Crippen molar-refractivity contribution in [1.82, 2.24) is 0 Å². The Kier molecular flexibility index (Phi) is 7.93. The summed E-state index contributed by atoms with van der Waals surface area (Å²) in [6, 6.07) is 0. The maximum Gasteiger partial charge on any atom is 0.305 e. The lowest BCUT2D eigenvalue weighted by Gasteiger charge is -2.63. The number of hydrogen-bond donors (Lipinski definition) is 1. The standard InChI is InChI=1S/C31H56O4Si/c1-20(10-13-27(33)34-7)23-11-12-24-28-25(15-17-31(23,24)6)30(5)16-14-22(18-21(30)19-26(28)32)35-36(8,9)29(2,3)4/h20-26,28,32H,10-19H2,1-9H3/t20-,21?,22-,23-,24+,25+,26-,28+,30+,31-/m1/s1. The molecule has 0 spiro atoms. The molecule has 0 aromatic heterocycles. The molecule has 4 aliphatic carbocycles. The third-order valence-electron chi connectivity index (χ3n) is 12.7. The average Bonchev–Trinajstić information content (AvgIpc) is 3.14. The molecule has 0 radical (unpaired) electrons. The van der Waals surface area contributed by atoms with Crippen LogP contribution in [0, 0.1) is 46.3 Å². The smallest absolute Gasteiger partial charge is 0.305 e. The van der Waals surface area contributed by atoms with Gasteiger partial charge in [-0.3, -0.25) is 4.79 Å². The van der Waals surface area contributed by atoms with Gasteiger partial charge in [0.25, 0.3) is 0 Å². The van der Waals surface area contributed by atoms with Gasteiger partial charge in [0.1, 0.15) is 0 Å². The molecule has 1 N–H and O–H groups in total. The van der Waals surface area contributed by atoms with Crippen LogP contribution in [0.1, 0.15) is 106 Å². The number of esters is 1. The summed E-state index contributed by atoms with van der Waals surface area (Å²) in [5.41, 5.74) is 0.636. The molecule has 4 nitrogen and oxygen atoms in total. The lowest BCUT2D eigenvalue weighted by molar-refractivity contribution is -0.173. The van der Waals surface area contributed by atoms with Gasteiger partial charge < -0.3 is 14.3 Å². The molecule has 0 heterocycles. The zero-order chi connectivity index (χ0) is 26.7. The van der Waals surface area contributed by atoms with Crippen LogP contribution in [0.15, 0.2) is 0 Å². The lowest BCUT2D eigenvalue weighted by Crippen LogP contribution is -2.59. The first-order valence-corrected chi connectivity index (χ1v) is 18.0. The van der Waals surface area contributed by atoms with Crippen LogP contribution in [0.3, 0.4) is 0 Å². The second-order valence-electron chi connectivity index (χ2n) is 15.4. The largest absolute Gasteiger partial charge is 0.469 e. The maximum atomic E-state index is 11.8. The van der Waals surface area contributed by atoms with Gasteiger partial charge in [-0.05, 0) is 122 Å². The fraction of sp³-hybridized carbons (Fsp3) is 0.968. The molecule has 10 atom stereocenters. The third-order valence-corrected chi connectivity index (χ3v) is 17.2. The highest BCUT2D eigenvalue weighted by atomic mass is 28.4. The highest BCUT2D eigenvalue weighted by molar-refractivity contribution is 6.74. The van der Waals surface area contributed by atoms with Crippen LogP contribution in [-0.4, -0.2) is 38.7 Å². The third kappa shape index (κ3) is 4.88. The van der Waals surface area contributed by atoms with E-state index >= 15 is 0 Å². The van der Waals surface area contributed by atoms with Gasteiger partial charge in [0.05, 0.1) is 13.2 Å². The molecular weight excluding hydrogens is 464 g/mol. The number of fused-ring (bicyclic) bond motifs is 5. The van der Waals surface area contributed by atoms with Crippen molar-refractivity contribution in [2.75, 3.05) is 7.11 Å². The normalized spacial score (nSPS) is 43.8. The Hall–Kier alpha value is -0.393. The Labute approximate surface area is 222 Å². The number of hydrogen-bond acceptors (Lipinski definition) is 4. The summed E-state index contributed by atoms with van der Waals surface area (Å²) < 4.78 is 11.8. The lowest BCUT2D eigenvalue weighted by atomic mass is 9.43. The van der Waals surface area contributed by atoms with E-state index in [0.29, 0.717) is 58.9 Å². The van der Waals surface area contributed by atoms with Crippen molar-refractivity contribution >= 4 is 14.3 Å². The second-order valence-corrected chi connectivity index (χ2v) is 20.1. The second kappa shape index (κ2) is 9.97. The highest BCUT2D eigenvalue weighted by Gasteiger charge is 2.63. The molecule has 0 bridgehead atoms. The topological polar surface area (TPSA) is 55.8 Å². The van der Waals surface area contributed by atoms with Crippen molar-refractivity contribution in [2.24, 2.45) is 46.3 Å². The number of rotatable bonds is 6. The van der Waals surface area contributed by atoms with Crippen molar-refractivity contribution in [3.05, 3.63) is 0 Å². The van der Waals surface area contributed by atoms with Crippen molar-refractivity contribution in [3.8, 4) is 0 Å². The van der Waals surface area contributed by atoms with E-state index in [1.54, 1.807) is 0 Å². The minimum absolute atomic E-state index is 0.0833. The van der Waals surface area contributed by atoms with E-state index in [2.05, 4.69) is 54.6 Å². The van der Waals surface area contributed by atoms with E-state index in [1.807, 2.05) is 0 Å². The molecular formula is C31H56O4Si. The molecule has 0 amide bonds. The SMILES string of the molecule is COC(=O)CC[C@@H](C)[C@H]1CC[C@H]2[C@@H]3[C@H](O)CC4C[C@H](O[Si](C)(C)C(C)(C)C)CC[C@]4(C)[C@H]3CC[C@]12C. The maximum absolute atomic E-state index is 11.8. The Morgan fingerprint density at radius 2 is 1.67 bits per heavy atom. The van der Waals surface area contributed by atoms with Crippen LogP contribution < -0.4 is 0 Å². The molecule has 4 fully saturated rings. The summed E-state index contributed by atoms with van der Waals surface area (Å²) in [5.74, 6) is 3.39. The zero-order valence-corrected chi connectivity index (χ0v) is 25.9. The van der Waals surface area contributed by atoms with Gasteiger partial charge in [0.2, 0.25) is 0 Å². The Morgan fingerprint density at radius 1 is 1.03 bits per heavy atom. The van der Waals surface area contributed by atoms with E-state index in [0.717, 1.165) is 19.3 Å². The van der Waals surface area contributed by atoms with Crippen LogP contribution in [0.5, 0.6) is 0 Å². The quantitative estimate of drug-likeness (QED) is 0.289. The van der Waals surface area contributed by atoms with Crippen LogP contribution in [0.25, 0.3) is 0 Å². The van der Waals surface area contributed by atoms with Gasteiger partial charge in [0, 0.05) is 12.5 Å². The Morgan fingerprint density at radius 3 is 2.31 bits per heavy atom. The van der Waals surface area contributed by atoms with E-state index in [4.69, 9.17) is 9.16 Å².